The van der Waals surface area contributed by atoms with Crippen molar-refractivity contribution in [2.45, 2.75) is 13.8 Å². The first-order valence-corrected chi connectivity index (χ1v) is 13.1. The quantitative estimate of drug-likeness (QED) is 0.204. The summed E-state index contributed by atoms with van der Waals surface area (Å²) in [5.41, 5.74) is 9.84. The number of aromatic nitrogens is 4. The molecule has 0 aliphatic heterocycles. The van der Waals surface area contributed by atoms with Crippen LogP contribution in [0.15, 0.2) is 91.0 Å². The number of pyridine rings is 1. The Morgan fingerprint density at radius 3 is 2.24 bits per heavy atom. The molecule has 0 saturated carbocycles. The van der Waals surface area contributed by atoms with Crippen molar-refractivity contribution in [3.63, 3.8) is 0 Å². The van der Waals surface area contributed by atoms with Crippen molar-refractivity contribution < 1.29 is 31.0 Å². The Balaban J connectivity index is 0.00000302. The van der Waals surface area contributed by atoms with Gasteiger partial charge in [-0.2, -0.15) is 0 Å². The van der Waals surface area contributed by atoms with Gasteiger partial charge in [-0.25, -0.2) is 14.8 Å². The molecule has 41 heavy (non-hydrogen) atoms. The van der Waals surface area contributed by atoms with Gasteiger partial charge < -0.3 is 14.7 Å². The van der Waals surface area contributed by atoms with Crippen molar-refractivity contribution in [2.75, 3.05) is 0 Å². The first kappa shape index (κ1) is 26.7. The molecule has 0 aliphatic rings. The second-order valence-corrected chi connectivity index (χ2v) is 10.3. The molecule has 4 aromatic carbocycles. The van der Waals surface area contributed by atoms with E-state index in [2.05, 4.69) is 45.9 Å². The van der Waals surface area contributed by atoms with Crippen LogP contribution in [-0.4, -0.2) is 25.6 Å². The fraction of sp³-hybridized carbons (Fsp3) is 0.0882. The standard InChI is InChI=1S/C34H26N4O2.Pt/c1-19-14-20(2)16-21(15-19)22-17-28(35-29(18-22)34(39)40)25-10-7-13-30-32(25)37-33(38(30)3)26-11-6-9-24-23-8-4-5-12-27(23)36-31(24)26;/h4-18H,1-3H3,(H2,35,36,37,39,40);/p-1. The molecule has 0 fully saturated rings. The summed E-state index contributed by atoms with van der Waals surface area (Å²) in [4.78, 5) is 26.7. The average molecular weight is 717 g/mol. The number of fused-ring (bicyclic) bond motifs is 4. The third-order valence-electron chi connectivity index (χ3n) is 7.49. The summed E-state index contributed by atoms with van der Waals surface area (Å²) in [5, 5.41) is 12.1. The number of benzene rings is 4. The second-order valence-electron chi connectivity index (χ2n) is 10.3. The maximum Gasteiger partial charge on any atom is 0.354 e. The number of rotatable bonds is 4. The number of carbonyl (C=O) groups is 1. The molecule has 7 aromatic rings. The summed E-state index contributed by atoms with van der Waals surface area (Å²) in [7, 11) is 2.00. The monoisotopic (exact) mass is 716 g/mol. The van der Waals surface area contributed by atoms with Crippen LogP contribution in [0.5, 0.6) is 0 Å². The predicted molar refractivity (Wildman–Crippen MR) is 160 cm³/mol. The maximum absolute atomic E-state index is 12.1. The van der Waals surface area contributed by atoms with Crippen molar-refractivity contribution in [3.8, 4) is 33.8 Å². The van der Waals surface area contributed by atoms with Gasteiger partial charge in [-0.1, -0.05) is 83.9 Å². The first-order chi connectivity index (χ1) is 19.4. The van der Waals surface area contributed by atoms with Crippen molar-refractivity contribution >= 4 is 38.8 Å². The van der Waals surface area contributed by atoms with E-state index in [1.807, 2.05) is 69.4 Å². The molecule has 7 heteroatoms. The molecule has 0 bridgehead atoms. The van der Waals surface area contributed by atoms with Gasteiger partial charge in [-0.05, 0) is 53.9 Å². The second kappa shape index (κ2) is 10.1. The smallest absolute Gasteiger partial charge is 0.354 e. The molecule has 0 spiro atoms. The van der Waals surface area contributed by atoms with E-state index in [4.69, 9.17) is 9.97 Å². The van der Waals surface area contributed by atoms with Crippen LogP contribution in [0.2, 0.25) is 0 Å². The number of carboxylic acid groups (broad SMARTS) is 1. The third kappa shape index (κ3) is 4.45. The molecule has 3 heterocycles. The normalized spacial score (nSPS) is 11.3. The molecule has 1 N–H and O–H groups in total. The van der Waals surface area contributed by atoms with Crippen molar-refractivity contribution in [1.29, 1.82) is 0 Å². The number of hydrogen-bond donors (Lipinski definition) is 1. The summed E-state index contributed by atoms with van der Waals surface area (Å²) in [6.45, 7) is 4.08. The van der Waals surface area contributed by atoms with E-state index in [0.29, 0.717) is 5.69 Å². The van der Waals surface area contributed by atoms with E-state index in [-0.39, 0.29) is 26.8 Å². The SMILES string of the molecule is Cc1cc(C)cc(-c2cc(C(=O)O)nc(-c3cccc4c3nc(-c3cccc5c3[n-]c3ccccc35)n4C)c2)c1.[Pt]. The summed E-state index contributed by atoms with van der Waals surface area (Å²) < 4.78 is 2.07. The van der Waals surface area contributed by atoms with Crippen LogP contribution in [0.4, 0.5) is 0 Å². The molecule has 3 aromatic heterocycles. The Bertz CT molecular complexity index is 2120. The van der Waals surface area contributed by atoms with Gasteiger partial charge in [0.15, 0.2) is 0 Å². The van der Waals surface area contributed by atoms with E-state index in [0.717, 1.165) is 72.0 Å². The molecule has 0 unspecified atom stereocenters. The van der Waals surface area contributed by atoms with Crippen LogP contribution in [0.1, 0.15) is 21.6 Å². The molecule has 204 valence electrons. The van der Waals surface area contributed by atoms with Gasteiger partial charge in [0, 0.05) is 39.2 Å². The molecule has 0 amide bonds. The molecule has 0 aliphatic carbocycles. The van der Waals surface area contributed by atoms with E-state index in [9.17, 15) is 9.90 Å². The van der Waals surface area contributed by atoms with Crippen LogP contribution < -0.4 is 4.98 Å². The minimum absolute atomic E-state index is 0. The van der Waals surface area contributed by atoms with E-state index in [1.54, 1.807) is 6.07 Å². The van der Waals surface area contributed by atoms with E-state index in [1.165, 1.54) is 0 Å². The first-order valence-electron chi connectivity index (χ1n) is 13.1. The largest absolute Gasteiger partial charge is 0.656 e. The van der Waals surface area contributed by atoms with Crippen molar-refractivity contribution in [2.24, 2.45) is 7.05 Å². The van der Waals surface area contributed by atoms with Crippen LogP contribution in [0.25, 0.3) is 66.6 Å². The van der Waals surface area contributed by atoms with Gasteiger partial charge in [0.1, 0.15) is 11.5 Å². The Morgan fingerprint density at radius 2 is 1.46 bits per heavy atom. The van der Waals surface area contributed by atoms with E-state index < -0.39 is 5.97 Å². The van der Waals surface area contributed by atoms with Gasteiger partial charge in [0.05, 0.1) is 16.7 Å². The number of para-hydroxylation sites is 3. The summed E-state index contributed by atoms with van der Waals surface area (Å²) >= 11 is 0. The van der Waals surface area contributed by atoms with Gasteiger partial charge in [0.2, 0.25) is 0 Å². The molecular weight excluding hydrogens is 691 g/mol. The number of hydrogen-bond acceptors (Lipinski definition) is 3. The Hall–Kier alpha value is -4.54. The van der Waals surface area contributed by atoms with Gasteiger partial charge in [-0.15, -0.1) is 11.0 Å². The minimum atomic E-state index is -1.07. The minimum Gasteiger partial charge on any atom is -0.656 e. The third-order valence-corrected chi connectivity index (χ3v) is 7.49. The van der Waals surface area contributed by atoms with Crippen molar-refractivity contribution in [1.82, 2.24) is 19.5 Å². The predicted octanol–water partition coefficient (Wildman–Crippen LogP) is 7.55. The maximum atomic E-state index is 12.1. The van der Waals surface area contributed by atoms with Crippen LogP contribution in [0, 0.1) is 13.8 Å². The Morgan fingerprint density at radius 1 is 0.780 bits per heavy atom. The summed E-state index contributed by atoms with van der Waals surface area (Å²) in [6.07, 6.45) is 0. The average Bonchev–Trinajstić information content (AvgIpc) is 3.50. The van der Waals surface area contributed by atoms with Gasteiger partial charge >= 0.3 is 5.97 Å². The number of carboxylic acids is 1. The summed E-state index contributed by atoms with van der Waals surface area (Å²) in [6, 6.07) is 30.1. The van der Waals surface area contributed by atoms with E-state index >= 15 is 0 Å². The molecule has 7 rings (SSSR count). The zero-order chi connectivity index (χ0) is 27.5. The molecule has 0 saturated heterocycles. The molecule has 0 atom stereocenters. The van der Waals surface area contributed by atoms with Crippen LogP contribution >= 0.6 is 0 Å². The summed E-state index contributed by atoms with van der Waals surface area (Å²) in [5.74, 6) is -0.276. The fourth-order valence-corrected chi connectivity index (χ4v) is 5.73. The molecule has 6 nitrogen and oxygen atoms in total. The van der Waals surface area contributed by atoms with Crippen LogP contribution in [0.3, 0.4) is 0 Å². The molecule has 0 radical (unpaired) electrons. The Kier molecular flexibility index (Phi) is 6.59. The van der Waals surface area contributed by atoms with Crippen molar-refractivity contribution in [3.05, 3.63) is 108 Å². The number of nitrogens with zero attached hydrogens (tertiary/aromatic N) is 4. The fourth-order valence-electron chi connectivity index (χ4n) is 5.73. The number of aromatic carboxylic acids is 1. The van der Waals surface area contributed by atoms with Gasteiger partial charge in [0.25, 0.3) is 0 Å². The zero-order valence-electron chi connectivity index (χ0n) is 22.6. The van der Waals surface area contributed by atoms with Crippen LogP contribution in [-0.2, 0) is 28.1 Å². The Labute approximate surface area is 251 Å². The zero-order valence-corrected chi connectivity index (χ0v) is 24.9. The number of imidazole rings is 1. The number of aryl methyl sites for hydroxylation is 3. The molecular formula is C34H25N4O2Pt-. The van der Waals surface area contributed by atoms with Gasteiger partial charge in [-0.3, -0.25) is 0 Å². The topological polar surface area (TPSA) is 82.1 Å².